The summed E-state index contributed by atoms with van der Waals surface area (Å²) in [6.45, 7) is 3.69. The molecular formula is C17H24FN3. The second kappa shape index (κ2) is 5.76. The van der Waals surface area contributed by atoms with Crippen molar-refractivity contribution >= 4 is 11.0 Å². The second-order valence-corrected chi connectivity index (χ2v) is 6.35. The number of halogens is 1. The Balaban J connectivity index is 1.99. The predicted octanol–water partition coefficient (Wildman–Crippen LogP) is 3.65. The van der Waals surface area contributed by atoms with E-state index in [-0.39, 0.29) is 11.2 Å². The molecule has 0 aliphatic heterocycles. The van der Waals surface area contributed by atoms with Crippen molar-refractivity contribution in [3.63, 3.8) is 0 Å². The number of nitrogens with zero attached hydrogens (tertiary/aromatic N) is 2. The summed E-state index contributed by atoms with van der Waals surface area (Å²) in [5.74, 6) is 0.839. The van der Waals surface area contributed by atoms with E-state index in [1.165, 1.54) is 44.2 Å². The molecule has 1 aliphatic rings. The van der Waals surface area contributed by atoms with Crippen LogP contribution in [0.25, 0.3) is 11.0 Å². The van der Waals surface area contributed by atoms with Crippen molar-refractivity contribution in [3.05, 3.63) is 29.8 Å². The molecule has 2 N–H and O–H groups in total. The van der Waals surface area contributed by atoms with Crippen LogP contribution in [0.2, 0.25) is 0 Å². The number of hydrogen-bond acceptors (Lipinski definition) is 2. The number of hydrogen-bond donors (Lipinski definition) is 1. The Bertz CT molecular complexity index is 626. The largest absolute Gasteiger partial charge is 0.330 e. The smallest absolute Gasteiger partial charge is 0.125 e. The van der Waals surface area contributed by atoms with Gasteiger partial charge in [-0.2, -0.15) is 0 Å². The van der Waals surface area contributed by atoms with Crippen molar-refractivity contribution in [1.29, 1.82) is 0 Å². The van der Waals surface area contributed by atoms with Crippen LogP contribution in [-0.4, -0.2) is 16.1 Å². The molecule has 114 valence electrons. The molecule has 0 spiro atoms. The number of fused-ring (bicyclic) bond motifs is 1. The van der Waals surface area contributed by atoms with Crippen LogP contribution >= 0.6 is 0 Å². The highest BCUT2D eigenvalue weighted by Crippen LogP contribution is 2.38. The minimum Gasteiger partial charge on any atom is -0.330 e. The topological polar surface area (TPSA) is 43.8 Å². The van der Waals surface area contributed by atoms with Gasteiger partial charge in [-0.05, 0) is 43.9 Å². The monoisotopic (exact) mass is 289 g/mol. The van der Waals surface area contributed by atoms with E-state index >= 15 is 0 Å². The number of rotatable bonds is 4. The highest BCUT2D eigenvalue weighted by Gasteiger charge is 2.32. The van der Waals surface area contributed by atoms with Crippen molar-refractivity contribution in [2.45, 2.75) is 52.0 Å². The van der Waals surface area contributed by atoms with Gasteiger partial charge in [0.05, 0.1) is 11.0 Å². The Labute approximate surface area is 125 Å². The summed E-state index contributed by atoms with van der Waals surface area (Å²) in [5.41, 5.74) is 8.07. The molecule has 1 aliphatic carbocycles. The number of nitrogens with two attached hydrogens (primary N) is 1. The fourth-order valence-electron chi connectivity index (χ4n) is 3.73. The molecule has 21 heavy (non-hydrogen) atoms. The van der Waals surface area contributed by atoms with Gasteiger partial charge in [-0.1, -0.05) is 19.3 Å². The lowest BCUT2D eigenvalue weighted by Gasteiger charge is -2.36. The van der Waals surface area contributed by atoms with E-state index < -0.39 is 0 Å². The van der Waals surface area contributed by atoms with E-state index in [2.05, 4.69) is 11.5 Å². The molecule has 3 rings (SSSR count). The van der Waals surface area contributed by atoms with E-state index in [0.717, 1.165) is 29.8 Å². The van der Waals surface area contributed by atoms with Crippen LogP contribution in [0.1, 0.15) is 44.9 Å². The second-order valence-electron chi connectivity index (χ2n) is 6.35. The summed E-state index contributed by atoms with van der Waals surface area (Å²) in [7, 11) is 0. The van der Waals surface area contributed by atoms with Gasteiger partial charge in [-0.3, -0.25) is 0 Å². The lowest BCUT2D eigenvalue weighted by atomic mass is 9.71. The fraction of sp³-hybridized carbons (Fsp3) is 0.588. The predicted molar refractivity (Wildman–Crippen MR) is 83.6 cm³/mol. The summed E-state index contributed by atoms with van der Waals surface area (Å²) in [6, 6.07) is 4.88. The Morgan fingerprint density at radius 2 is 2.05 bits per heavy atom. The summed E-state index contributed by atoms with van der Waals surface area (Å²) < 4.78 is 15.6. The molecule has 3 nitrogen and oxygen atoms in total. The van der Waals surface area contributed by atoms with Gasteiger partial charge in [0.15, 0.2) is 0 Å². The van der Waals surface area contributed by atoms with Crippen molar-refractivity contribution in [3.8, 4) is 0 Å². The van der Waals surface area contributed by atoms with Crippen molar-refractivity contribution < 1.29 is 4.39 Å². The Morgan fingerprint density at radius 3 is 2.71 bits per heavy atom. The van der Waals surface area contributed by atoms with Gasteiger partial charge in [0.25, 0.3) is 0 Å². The number of aromatic nitrogens is 2. The first-order valence-corrected chi connectivity index (χ1v) is 8.02. The van der Waals surface area contributed by atoms with Gasteiger partial charge in [0.1, 0.15) is 11.6 Å². The normalized spacial score (nSPS) is 18.2. The molecule has 1 aromatic heterocycles. The average molecular weight is 289 g/mol. The third kappa shape index (κ3) is 2.69. The van der Waals surface area contributed by atoms with Crippen LogP contribution in [0.3, 0.4) is 0 Å². The average Bonchev–Trinajstić information content (AvgIpc) is 2.84. The minimum atomic E-state index is -0.221. The van der Waals surface area contributed by atoms with E-state index in [1.54, 1.807) is 0 Å². The third-order valence-electron chi connectivity index (χ3n) is 4.99. The lowest BCUT2D eigenvalue weighted by molar-refractivity contribution is 0.192. The Kier molecular flexibility index (Phi) is 3.98. The zero-order valence-electron chi connectivity index (χ0n) is 12.7. The van der Waals surface area contributed by atoms with Crippen molar-refractivity contribution in [2.75, 3.05) is 6.54 Å². The van der Waals surface area contributed by atoms with E-state index in [0.29, 0.717) is 6.54 Å². The molecule has 0 unspecified atom stereocenters. The van der Waals surface area contributed by atoms with Gasteiger partial charge in [-0.25, -0.2) is 9.37 Å². The maximum Gasteiger partial charge on any atom is 0.125 e. The molecule has 0 bridgehead atoms. The Hall–Kier alpha value is -1.42. The SMILES string of the molecule is CCn1c(CC2(CN)CCCCC2)nc2cc(F)ccc21. The summed E-state index contributed by atoms with van der Waals surface area (Å²) in [5, 5.41) is 0. The molecule has 1 aromatic carbocycles. The molecule has 4 heteroatoms. The molecule has 0 radical (unpaired) electrons. The van der Waals surface area contributed by atoms with Gasteiger partial charge in [-0.15, -0.1) is 0 Å². The summed E-state index contributed by atoms with van der Waals surface area (Å²) >= 11 is 0. The molecular weight excluding hydrogens is 265 g/mol. The molecule has 0 saturated heterocycles. The standard InChI is InChI=1S/C17H24FN3/c1-2-21-15-7-6-13(18)10-14(15)20-16(21)11-17(12-19)8-4-3-5-9-17/h6-7,10H,2-5,8-9,11-12,19H2,1H3. The van der Waals surface area contributed by atoms with Gasteiger partial charge >= 0.3 is 0 Å². The van der Waals surface area contributed by atoms with Crippen LogP contribution in [-0.2, 0) is 13.0 Å². The first-order chi connectivity index (χ1) is 10.2. The summed E-state index contributed by atoms with van der Waals surface area (Å²) in [6.07, 6.45) is 7.12. The van der Waals surface area contributed by atoms with Crippen molar-refractivity contribution in [1.82, 2.24) is 9.55 Å². The summed E-state index contributed by atoms with van der Waals surface area (Å²) in [4.78, 5) is 4.70. The first-order valence-electron chi connectivity index (χ1n) is 8.02. The Morgan fingerprint density at radius 1 is 1.29 bits per heavy atom. The molecule has 0 amide bonds. The minimum absolute atomic E-state index is 0.186. The lowest BCUT2D eigenvalue weighted by Crippen LogP contribution is -2.35. The van der Waals surface area contributed by atoms with Gasteiger partial charge in [0, 0.05) is 19.0 Å². The van der Waals surface area contributed by atoms with Gasteiger partial charge < -0.3 is 10.3 Å². The molecule has 0 atom stereocenters. The zero-order chi connectivity index (χ0) is 14.9. The first kappa shape index (κ1) is 14.5. The van der Waals surface area contributed by atoms with Gasteiger partial charge in [0.2, 0.25) is 0 Å². The van der Waals surface area contributed by atoms with Crippen LogP contribution in [0, 0.1) is 11.2 Å². The van der Waals surface area contributed by atoms with E-state index in [1.807, 2.05) is 6.07 Å². The molecule has 1 saturated carbocycles. The molecule has 1 heterocycles. The quantitative estimate of drug-likeness (QED) is 0.933. The van der Waals surface area contributed by atoms with E-state index in [9.17, 15) is 4.39 Å². The molecule has 1 fully saturated rings. The van der Waals surface area contributed by atoms with Crippen LogP contribution < -0.4 is 5.73 Å². The van der Waals surface area contributed by atoms with Crippen molar-refractivity contribution in [2.24, 2.45) is 11.1 Å². The fourth-order valence-corrected chi connectivity index (χ4v) is 3.73. The highest BCUT2D eigenvalue weighted by molar-refractivity contribution is 5.76. The van der Waals surface area contributed by atoms with Crippen LogP contribution in [0.15, 0.2) is 18.2 Å². The number of imidazole rings is 1. The number of aryl methyl sites for hydroxylation is 1. The van der Waals surface area contributed by atoms with Crippen LogP contribution in [0.5, 0.6) is 0 Å². The molecule has 2 aromatic rings. The highest BCUT2D eigenvalue weighted by atomic mass is 19.1. The maximum absolute atomic E-state index is 13.4. The van der Waals surface area contributed by atoms with Crippen LogP contribution in [0.4, 0.5) is 4.39 Å². The van der Waals surface area contributed by atoms with E-state index in [4.69, 9.17) is 10.7 Å². The third-order valence-corrected chi connectivity index (χ3v) is 4.99. The number of benzene rings is 1. The zero-order valence-corrected chi connectivity index (χ0v) is 12.7. The maximum atomic E-state index is 13.4.